The smallest absolute Gasteiger partial charge is 0.493 e. The summed E-state index contributed by atoms with van der Waals surface area (Å²) in [7, 11) is 1.25. The summed E-state index contributed by atoms with van der Waals surface area (Å²) in [6, 6.07) is 12.7. The molecule has 1 atom stereocenters. The number of carbonyl (C=O) groups is 2. The molecule has 1 aliphatic heterocycles. The van der Waals surface area contributed by atoms with Gasteiger partial charge in [0.1, 0.15) is 0 Å². The minimum atomic E-state index is -4.90. The fourth-order valence-corrected chi connectivity index (χ4v) is 4.04. The molecule has 0 aliphatic carbocycles. The van der Waals surface area contributed by atoms with Crippen molar-refractivity contribution in [1.29, 1.82) is 0 Å². The number of nitrogens with zero attached hydrogens (tertiary/aromatic N) is 4. The molecule has 1 aliphatic rings. The third-order valence-corrected chi connectivity index (χ3v) is 6.11. The van der Waals surface area contributed by atoms with Gasteiger partial charge in [0, 0.05) is 36.1 Å². The van der Waals surface area contributed by atoms with Crippen LogP contribution in [0.25, 0.3) is 0 Å². The molecule has 3 aromatic rings. The Hall–Kier alpha value is -4.48. The highest BCUT2D eigenvalue weighted by Crippen LogP contribution is 2.40. The minimum absolute atomic E-state index is 0.00992. The number of methoxy groups -OCH3 is 1. The van der Waals surface area contributed by atoms with E-state index in [-0.39, 0.29) is 30.4 Å². The highest BCUT2D eigenvalue weighted by molar-refractivity contribution is 6.01. The van der Waals surface area contributed by atoms with Gasteiger partial charge >= 0.3 is 6.36 Å². The summed E-state index contributed by atoms with van der Waals surface area (Å²) in [5, 5.41) is 8.34. The van der Waals surface area contributed by atoms with Crippen LogP contribution >= 0.6 is 0 Å². The van der Waals surface area contributed by atoms with E-state index < -0.39 is 23.4 Å². The van der Waals surface area contributed by atoms with Crippen LogP contribution < -0.4 is 14.8 Å². The van der Waals surface area contributed by atoms with Crippen molar-refractivity contribution < 1.29 is 32.2 Å². The molecule has 1 N–H and O–H groups in total. The molecule has 1 aromatic heterocycles. The van der Waals surface area contributed by atoms with E-state index in [1.54, 1.807) is 42.6 Å². The van der Waals surface area contributed by atoms with E-state index in [2.05, 4.69) is 25.1 Å². The van der Waals surface area contributed by atoms with E-state index in [4.69, 9.17) is 4.74 Å². The number of nitrogens with one attached hydrogen (secondary N) is 1. The van der Waals surface area contributed by atoms with Gasteiger partial charge in [-0.25, -0.2) is 15.0 Å². The third kappa shape index (κ3) is 6.07. The van der Waals surface area contributed by atoms with Crippen LogP contribution in [0.15, 0.2) is 66.0 Å². The van der Waals surface area contributed by atoms with Crippen molar-refractivity contribution >= 4 is 23.7 Å². The van der Waals surface area contributed by atoms with Gasteiger partial charge in [-0.3, -0.25) is 9.59 Å². The molecule has 38 heavy (non-hydrogen) atoms. The number of hydrogen-bond donors (Lipinski definition) is 1. The van der Waals surface area contributed by atoms with Gasteiger partial charge in [-0.05, 0) is 47.9 Å². The zero-order chi connectivity index (χ0) is 27.3. The van der Waals surface area contributed by atoms with Crippen LogP contribution in [0.5, 0.6) is 11.5 Å². The molecular formula is C26H24F3N5O4. The zero-order valence-corrected chi connectivity index (χ0v) is 20.5. The fourth-order valence-electron chi connectivity index (χ4n) is 4.04. The van der Waals surface area contributed by atoms with E-state index in [9.17, 15) is 22.8 Å². The second kappa shape index (κ2) is 10.9. The highest BCUT2D eigenvalue weighted by Gasteiger charge is 2.39. The second-order valence-electron chi connectivity index (χ2n) is 8.52. The Morgan fingerprint density at radius 3 is 2.42 bits per heavy atom. The van der Waals surface area contributed by atoms with Crippen LogP contribution in [0.3, 0.4) is 0 Å². The molecule has 198 valence electrons. The molecule has 0 bridgehead atoms. The third-order valence-electron chi connectivity index (χ3n) is 6.11. The molecule has 12 heteroatoms. The maximum atomic E-state index is 13.1. The number of alkyl halides is 3. The van der Waals surface area contributed by atoms with Gasteiger partial charge in [-0.1, -0.05) is 25.1 Å². The van der Waals surface area contributed by atoms with Gasteiger partial charge in [0.2, 0.25) is 11.7 Å². The molecule has 1 unspecified atom stereocenters. The quantitative estimate of drug-likeness (QED) is 0.455. The molecule has 0 saturated carbocycles. The van der Waals surface area contributed by atoms with Gasteiger partial charge in [0.15, 0.2) is 11.5 Å². The lowest BCUT2D eigenvalue weighted by atomic mass is 9.75. The molecular weight excluding hydrogens is 503 g/mol. The molecule has 0 spiro atoms. The Labute approximate surface area is 216 Å². The number of ether oxygens (including phenoxy) is 2. The number of hydrazone groups is 1. The van der Waals surface area contributed by atoms with Crippen LogP contribution in [-0.2, 0) is 16.8 Å². The van der Waals surface area contributed by atoms with E-state index in [1.165, 1.54) is 36.6 Å². The standard InChI is InChI=1S/C26H24F3N5O4/c1-3-25(18-7-10-20(37-2)21(13-18)38-26(27,28)29)14-22(35)34(32-16-25)15-17-5-8-19(9-6-17)33-24(36)23-30-11-4-12-31-23/h4-13,16H,3,14-15H2,1-2H3,(H,33,36). The van der Waals surface area contributed by atoms with Crippen molar-refractivity contribution in [2.75, 3.05) is 12.4 Å². The predicted octanol–water partition coefficient (Wildman–Crippen LogP) is 4.70. The van der Waals surface area contributed by atoms with E-state index >= 15 is 0 Å². The lowest BCUT2D eigenvalue weighted by molar-refractivity contribution is -0.275. The van der Waals surface area contributed by atoms with Gasteiger partial charge < -0.3 is 14.8 Å². The van der Waals surface area contributed by atoms with Crippen molar-refractivity contribution in [1.82, 2.24) is 15.0 Å². The summed E-state index contributed by atoms with van der Waals surface area (Å²) in [6.07, 6.45) is 0.0637. The van der Waals surface area contributed by atoms with Crippen molar-refractivity contribution in [3.63, 3.8) is 0 Å². The normalized spacial score (nSPS) is 17.3. The zero-order valence-electron chi connectivity index (χ0n) is 20.5. The number of carbonyl (C=O) groups excluding carboxylic acids is 2. The maximum absolute atomic E-state index is 13.1. The monoisotopic (exact) mass is 527 g/mol. The number of halogens is 3. The molecule has 0 radical (unpaired) electrons. The van der Waals surface area contributed by atoms with Crippen LogP contribution in [0.4, 0.5) is 18.9 Å². The Balaban J connectivity index is 1.48. The highest BCUT2D eigenvalue weighted by atomic mass is 19.4. The Kier molecular flexibility index (Phi) is 7.60. The van der Waals surface area contributed by atoms with Gasteiger partial charge in [0.25, 0.3) is 5.91 Å². The molecule has 9 nitrogen and oxygen atoms in total. The van der Waals surface area contributed by atoms with E-state index in [1.807, 2.05) is 6.92 Å². The molecule has 2 heterocycles. The molecule has 0 saturated heterocycles. The summed E-state index contributed by atoms with van der Waals surface area (Å²) >= 11 is 0. The van der Waals surface area contributed by atoms with Crippen LogP contribution in [0, 0.1) is 0 Å². The van der Waals surface area contributed by atoms with Crippen LogP contribution in [-0.4, -0.2) is 46.5 Å². The molecule has 2 amide bonds. The lowest BCUT2D eigenvalue weighted by Crippen LogP contribution is -2.41. The van der Waals surface area contributed by atoms with Crippen LogP contribution in [0.1, 0.15) is 41.5 Å². The number of amides is 2. The minimum Gasteiger partial charge on any atom is -0.493 e. The first-order chi connectivity index (χ1) is 18.1. The van der Waals surface area contributed by atoms with Crippen LogP contribution in [0.2, 0.25) is 0 Å². The summed E-state index contributed by atoms with van der Waals surface area (Å²) < 4.78 is 47.8. The largest absolute Gasteiger partial charge is 0.573 e. The van der Waals surface area contributed by atoms with Crippen molar-refractivity contribution in [2.45, 2.75) is 38.1 Å². The first-order valence-corrected chi connectivity index (χ1v) is 11.6. The number of hydrogen-bond acceptors (Lipinski definition) is 7. The van der Waals surface area contributed by atoms with Gasteiger partial charge in [-0.2, -0.15) is 5.10 Å². The maximum Gasteiger partial charge on any atom is 0.573 e. The average Bonchev–Trinajstić information content (AvgIpc) is 2.90. The molecule has 2 aromatic carbocycles. The first-order valence-electron chi connectivity index (χ1n) is 11.6. The van der Waals surface area contributed by atoms with Crippen molar-refractivity contribution in [3.8, 4) is 11.5 Å². The van der Waals surface area contributed by atoms with Gasteiger partial charge in [0.05, 0.1) is 13.7 Å². The van der Waals surface area contributed by atoms with Crippen molar-refractivity contribution in [2.24, 2.45) is 5.10 Å². The number of rotatable bonds is 8. The fraction of sp³-hybridized carbons (Fsp3) is 0.269. The van der Waals surface area contributed by atoms with E-state index in [0.29, 0.717) is 17.7 Å². The number of aromatic nitrogens is 2. The summed E-state index contributed by atoms with van der Waals surface area (Å²) in [5.74, 6) is -1.26. The first kappa shape index (κ1) is 26.6. The number of anilines is 1. The molecule has 4 rings (SSSR count). The second-order valence-corrected chi connectivity index (χ2v) is 8.52. The van der Waals surface area contributed by atoms with E-state index in [0.717, 1.165) is 5.56 Å². The Bertz CT molecular complexity index is 1330. The lowest BCUT2D eigenvalue weighted by Gasteiger charge is -2.35. The summed E-state index contributed by atoms with van der Waals surface area (Å²) in [4.78, 5) is 33.1. The summed E-state index contributed by atoms with van der Waals surface area (Å²) in [5.41, 5.74) is 0.844. The molecule has 0 fully saturated rings. The van der Waals surface area contributed by atoms with Crippen molar-refractivity contribution in [3.05, 3.63) is 77.9 Å². The topological polar surface area (TPSA) is 106 Å². The van der Waals surface area contributed by atoms with Gasteiger partial charge in [-0.15, -0.1) is 13.2 Å². The Morgan fingerprint density at radius 2 is 1.82 bits per heavy atom. The predicted molar refractivity (Wildman–Crippen MR) is 132 cm³/mol. The summed E-state index contributed by atoms with van der Waals surface area (Å²) in [6.45, 7) is 2.01. The Morgan fingerprint density at radius 1 is 1.11 bits per heavy atom. The number of benzene rings is 2. The SMILES string of the molecule is CCC1(c2ccc(OC)c(OC(F)(F)F)c2)C=NN(Cc2ccc(NC(=O)c3ncccn3)cc2)C(=O)C1. The average molecular weight is 528 g/mol.